The first-order valence-electron chi connectivity index (χ1n) is 10.8. The first-order chi connectivity index (χ1) is 16.4. The van der Waals surface area contributed by atoms with Crippen LogP contribution in [0.4, 0.5) is 4.39 Å². The molecular formula is C24H29FO10. The van der Waals surface area contributed by atoms with Crippen LogP contribution in [0.15, 0.2) is 36.4 Å². The first-order valence-corrected chi connectivity index (χ1v) is 10.8. The number of benzene rings is 2. The molecule has 1 unspecified atom stereocenters. The van der Waals surface area contributed by atoms with Crippen molar-refractivity contribution in [1.29, 1.82) is 0 Å². The van der Waals surface area contributed by atoms with Gasteiger partial charge < -0.3 is 44.8 Å². The Kier molecular flexibility index (Phi) is 8.12. The van der Waals surface area contributed by atoms with E-state index in [1.165, 1.54) is 38.3 Å². The maximum Gasteiger partial charge on any atom is 0.305 e. The molecule has 7 atom stereocenters. The minimum Gasteiger partial charge on any atom is -0.497 e. The summed E-state index contributed by atoms with van der Waals surface area (Å²) in [6, 6.07) is 8.07. The molecule has 0 spiro atoms. The predicted molar refractivity (Wildman–Crippen MR) is 117 cm³/mol. The number of methoxy groups -OCH3 is 1. The van der Waals surface area contributed by atoms with Gasteiger partial charge in [0.15, 0.2) is 0 Å². The quantitative estimate of drug-likeness (QED) is 0.227. The fourth-order valence-corrected chi connectivity index (χ4v) is 4.03. The average Bonchev–Trinajstić information content (AvgIpc) is 2.80. The van der Waals surface area contributed by atoms with Gasteiger partial charge in [-0.3, -0.25) is 4.79 Å². The second-order valence-electron chi connectivity index (χ2n) is 8.46. The number of halogens is 1. The van der Waals surface area contributed by atoms with E-state index in [1.54, 1.807) is 0 Å². The molecule has 1 fully saturated rings. The molecule has 1 aliphatic heterocycles. The maximum absolute atomic E-state index is 14.7. The summed E-state index contributed by atoms with van der Waals surface area (Å²) in [6.45, 7) is 2.34. The van der Waals surface area contributed by atoms with Crippen LogP contribution < -0.4 is 4.74 Å². The van der Waals surface area contributed by atoms with Gasteiger partial charge in [-0.05, 0) is 30.2 Å². The van der Waals surface area contributed by atoms with Crippen LogP contribution in [0, 0.1) is 5.82 Å². The van der Waals surface area contributed by atoms with Gasteiger partial charge in [-0.1, -0.05) is 18.2 Å². The van der Waals surface area contributed by atoms with Gasteiger partial charge in [-0.15, -0.1) is 0 Å². The summed E-state index contributed by atoms with van der Waals surface area (Å²) >= 11 is 0. The number of carbonyl (C=O) groups excluding carboxylic acids is 1. The monoisotopic (exact) mass is 496 g/mol. The molecule has 2 aromatic rings. The van der Waals surface area contributed by atoms with Crippen LogP contribution in [0.1, 0.15) is 42.4 Å². The van der Waals surface area contributed by atoms with Crippen molar-refractivity contribution in [3.8, 4) is 5.75 Å². The molecule has 0 amide bonds. The highest BCUT2D eigenvalue weighted by atomic mass is 19.1. The van der Waals surface area contributed by atoms with E-state index < -0.39 is 54.4 Å². The Morgan fingerprint density at radius 2 is 1.77 bits per heavy atom. The Hall–Kier alpha value is -2.64. The summed E-state index contributed by atoms with van der Waals surface area (Å²) in [5.41, 5.74) is 0.164. The van der Waals surface area contributed by atoms with Gasteiger partial charge in [0.2, 0.25) is 12.1 Å². The molecule has 0 aliphatic carbocycles. The van der Waals surface area contributed by atoms with E-state index in [9.17, 15) is 39.8 Å². The van der Waals surface area contributed by atoms with Gasteiger partial charge in [0.25, 0.3) is 0 Å². The van der Waals surface area contributed by atoms with E-state index in [0.717, 1.165) is 19.1 Å². The number of esters is 1. The van der Waals surface area contributed by atoms with Crippen molar-refractivity contribution in [3.63, 3.8) is 0 Å². The van der Waals surface area contributed by atoms with Crippen molar-refractivity contribution in [2.24, 2.45) is 0 Å². The normalized spacial score (nSPS) is 28.3. The molecule has 0 aromatic heterocycles. The summed E-state index contributed by atoms with van der Waals surface area (Å²) in [5, 5.41) is 63.1. The third-order valence-corrected chi connectivity index (χ3v) is 5.93. The number of carbonyl (C=O) groups is 1. The van der Waals surface area contributed by atoms with Crippen molar-refractivity contribution in [2.45, 2.75) is 62.9 Å². The zero-order valence-electron chi connectivity index (χ0n) is 19.3. The minimum atomic E-state index is -2.70. The van der Waals surface area contributed by atoms with Crippen LogP contribution in [0.25, 0.3) is 0 Å². The molecule has 2 aromatic carbocycles. The summed E-state index contributed by atoms with van der Waals surface area (Å²) in [7, 11) is 1.38. The SMILES string of the molecule is COc1ccc(Cc2ccc(C(O)OC(C)=O)cc2[C@@]2(O)O[C@H]([C@H](C)O)[C@@H](O)[C@H](O)[C@H]2O)c(F)c1. The van der Waals surface area contributed by atoms with Gasteiger partial charge in [0.1, 0.15) is 36.0 Å². The number of aliphatic hydroxyl groups excluding tert-OH is 5. The number of hydrogen-bond acceptors (Lipinski definition) is 10. The van der Waals surface area contributed by atoms with Gasteiger partial charge in [-0.2, -0.15) is 0 Å². The predicted octanol–water partition coefficient (Wildman–Crippen LogP) is -0.0135. The molecule has 192 valence electrons. The van der Waals surface area contributed by atoms with E-state index in [4.69, 9.17) is 14.2 Å². The summed E-state index contributed by atoms with van der Waals surface area (Å²) < 4.78 is 30.0. The molecule has 1 aliphatic rings. The highest BCUT2D eigenvalue weighted by Gasteiger charge is 2.55. The van der Waals surface area contributed by atoms with Crippen LogP contribution in [-0.2, 0) is 26.5 Å². The fourth-order valence-electron chi connectivity index (χ4n) is 4.03. The Morgan fingerprint density at radius 1 is 1.11 bits per heavy atom. The van der Waals surface area contributed by atoms with Crippen molar-refractivity contribution in [3.05, 3.63) is 64.5 Å². The van der Waals surface area contributed by atoms with Crippen LogP contribution >= 0.6 is 0 Å². The summed E-state index contributed by atoms with van der Waals surface area (Å²) in [6.07, 6.45) is -10.5. The minimum absolute atomic E-state index is 0.0208. The van der Waals surface area contributed by atoms with E-state index >= 15 is 0 Å². The van der Waals surface area contributed by atoms with Crippen molar-refractivity contribution in [2.75, 3.05) is 7.11 Å². The fraction of sp³-hybridized carbons (Fsp3) is 0.458. The van der Waals surface area contributed by atoms with E-state index in [2.05, 4.69) is 0 Å². The van der Waals surface area contributed by atoms with Crippen molar-refractivity contribution >= 4 is 5.97 Å². The lowest BCUT2D eigenvalue weighted by Gasteiger charge is -2.47. The zero-order chi connectivity index (χ0) is 26.1. The topological polar surface area (TPSA) is 166 Å². The number of hydrogen-bond donors (Lipinski definition) is 6. The molecule has 1 heterocycles. The largest absolute Gasteiger partial charge is 0.497 e. The summed E-state index contributed by atoms with van der Waals surface area (Å²) in [4.78, 5) is 11.3. The Balaban J connectivity index is 2.14. The lowest BCUT2D eigenvalue weighted by atomic mass is 9.83. The highest BCUT2D eigenvalue weighted by molar-refractivity contribution is 5.66. The van der Waals surface area contributed by atoms with Crippen LogP contribution in [0.2, 0.25) is 0 Å². The number of ether oxygens (including phenoxy) is 3. The molecular weight excluding hydrogens is 467 g/mol. The first kappa shape index (κ1) is 27.0. The van der Waals surface area contributed by atoms with Gasteiger partial charge in [0, 0.05) is 30.5 Å². The maximum atomic E-state index is 14.7. The van der Waals surface area contributed by atoms with Crippen LogP contribution in [-0.4, -0.2) is 74.2 Å². The lowest BCUT2D eigenvalue weighted by molar-refractivity contribution is -0.364. The van der Waals surface area contributed by atoms with E-state index in [0.29, 0.717) is 0 Å². The number of aliphatic hydroxyl groups is 6. The second kappa shape index (κ2) is 10.5. The molecule has 10 nitrogen and oxygen atoms in total. The smallest absolute Gasteiger partial charge is 0.305 e. The molecule has 0 bridgehead atoms. The van der Waals surface area contributed by atoms with E-state index in [1.807, 2.05) is 0 Å². The molecule has 1 saturated heterocycles. The van der Waals surface area contributed by atoms with Gasteiger partial charge in [-0.25, -0.2) is 4.39 Å². The van der Waals surface area contributed by atoms with Crippen molar-refractivity contribution in [1.82, 2.24) is 0 Å². The highest BCUT2D eigenvalue weighted by Crippen LogP contribution is 2.40. The molecule has 3 rings (SSSR count). The number of rotatable bonds is 7. The second-order valence-corrected chi connectivity index (χ2v) is 8.46. The Bertz CT molecular complexity index is 1060. The third-order valence-electron chi connectivity index (χ3n) is 5.93. The molecule has 0 saturated carbocycles. The zero-order valence-corrected chi connectivity index (χ0v) is 19.3. The van der Waals surface area contributed by atoms with Gasteiger partial charge >= 0.3 is 5.97 Å². The average molecular weight is 496 g/mol. The van der Waals surface area contributed by atoms with Crippen LogP contribution in [0.5, 0.6) is 5.75 Å². The Morgan fingerprint density at radius 3 is 2.34 bits per heavy atom. The molecule has 11 heteroatoms. The van der Waals surface area contributed by atoms with E-state index in [-0.39, 0.29) is 34.4 Å². The van der Waals surface area contributed by atoms with Crippen LogP contribution in [0.3, 0.4) is 0 Å². The third kappa shape index (κ3) is 5.46. The Labute approximate surface area is 200 Å². The summed E-state index contributed by atoms with van der Waals surface area (Å²) in [5.74, 6) is -3.82. The molecule has 35 heavy (non-hydrogen) atoms. The lowest BCUT2D eigenvalue weighted by Crippen LogP contribution is -2.65. The standard InChI is InChI=1S/C24H29FO10/c1-11(26)21-19(28)20(29)22(30)24(32,35-21)17-9-15(23(31)34-12(2)27)5-4-13(17)8-14-6-7-16(33-3)10-18(14)25/h4-7,9-11,19-23,26,28-32H,8H2,1-3H3/t11-,19-,20-,21+,22+,23?,24+/m0/s1. The van der Waals surface area contributed by atoms with Crippen molar-refractivity contribution < 1.29 is 54.0 Å². The van der Waals surface area contributed by atoms with Gasteiger partial charge in [0.05, 0.1) is 13.2 Å². The molecule has 0 radical (unpaired) electrons. The molecule has 6 N–H and O–H groups in total.